The topological polar surface area (TPSA) is 21.3 Å². The molecule has 0 aromatic heterocycles. The molecular formula is C14H31NO. The molecule has 2 atom stereocenters. The highest BCUT2D eigenvalue weighted by molar-refractivity contribution is 4.76. The third kappa shape index (κ3) is 7.24. The van der Waals surface area contributed by atoms with Gasteiger partial charge in [0.2, 0.25) is 0 Å². The Balaban J connectivity index is 4.02. The molecule has 1 N–H and O–H groups in total. The van der Waals surface area contributed by atoms with Crippen LogP contribution in [0.1, 0.15) is 66.2 Å². The summed E-state index contributed by atoms with van der Waals surface area (Å²) >= 11 is 0. The van der Waals surface area contributed by atoms with Crippen LogP contribution in [0, 0.1) is 0 Å². The summed E-state index contributed by atoms with van der Waals surface area (Å²) in [7, 11) is 0. The van der Waals surface area contributed by atoms with Gasteiger partial charge in [-0.05, 0) is 32.7 Å². The van der Waals surface area contributed by atoms with E-state index in [4.69, 9.17) is 4.74 Å². The van der Waals surface area contributed by atoms with Crippen molar-refractivity contribution in [2.24, 2.45) is 0 Å². The smallest absolute Gasteiger partial charge is 0.0725 e. The van der Waals surface area contributed by atoms with Crippen molar-refractivity contribution in [1.82, 2.24) is 5.32 Å². The first-order chi connectivity index (χ1) is 7.79. The van der Waals surface area contributed by atoms with E-state index in [-0.39, 0.29) is 0 Å². The monoisotopic (exact) mass is 229 g/mol. The van der Waals surface area contributed by atoms with Gasteiger partial charge in [0, 0.05) is 12.6 Å². The summed E-state index contributed by atoms with van der Waals surface area (Å²) in [4.78, 5) is 0. The van der Waals surface area contributed by atoms with Gasteiger partial charge in [0.1, 0.15) is 0 Å². The highest BCUT2D eigenvalue weighted by Gasteiger charge is 2.18. The molecule has 0 bridgehead atoms. The summed E-state index contributed by atoms with van der Waals surface area (Å²) in [6.45, 7) is 10.7. The van der Waals surface area contributed by atoms with Crippen LogP contribution in [0.3, 0.4) is 0 Å². The maximum Gasteiger partial charge on any atom is 0.0725 e. The number of hydrogen-bond acceptors (Lipinski definition) is 2. The van der Waals surface area contributed by atoms with Crippen molar-refractivity contribution >= 4 is 0 Å². The van der Waals surface area contributed by atoms with Crippen LogP contribution in [0.2, 0.25) is 0 Å². The second-order valence-corrected chi connectivity index (χ2v) is 4.46. The van der Waals surface area contributed by atoms with Crippen LogP contribution in [0.5, 0.6) is 0 Å². The zero-order chi connectivity index (χ0) is 12.2. The van der Waals surface area contributed by atoms with Crippen LogP contribution < -0.4 is 5.32 Å². The van der Waals surface area contributed by atoms with E-state index in [0.717, 1.165) is 19.6 Å². The molecule has 0 aliphatic rings. The number of unbranched alkanes of at least 4 members (excludes halogenated alkanes) is 2. The average Bonchev–Trinajstić information content (AvgIpc) is 2.31. The molecule has 0 aliphatic heterocycles. The zero-order valence-corrected chi connectivity index (χ0v) is 11.7. The van der Waals surface area contributed by atoms with Crippen LogP contribution >= 0.6 is 0 Å². The lowest BCUT2D eigenvalue weighted by molar-refractivity contribution is 0.0290. The first kappa shape index (κ1) is 15.9. The highest BCUT2D eigenvalue weighted by Crippen LogP contribution is 2.12. The van der Waals surface area contributed by atoms with Gasteiger partial charge >= 0.3 is 0 Å². The lowest BCUT2D eigenvalue weighted by atomic mass is 10.0. The lowest BCUT2D eigenvalue weighted by Crippen LogP contribution is -2.41. The Morgan fingerprint density at radius 2 is 1.75 bits per heavy atom. The van der Waals surface area contributed by atoms with E-state index in [0.29, 0.717) is 12.1 Å². The molecule has 0 fully saturated rings. The van der Waals surface area contributed by atoms with Crippen LogP contribution in [-0.2, 0) is 4.74 Å². The first-order valence-corrected chi connectivity index (χ1v) is 7.14. The summed E-state index contributed by atoms with van der Waals surface area (Å²) in [5.41, 5.74) is 0. The Morgan fingerprint density at radius 1 is 1.00 bits per heavy atom. The predicted octanol–water partition coefficient (Wildman–Crippen LogP) is 3.75. The summed E-state index contributed by atoms with van der Waals surface area (Å²) in [5.74, 6) is 0. The van der Waals surface area contributed by atoms with Gasteiger partial charge in [-0.25, -0.2) is 0 Å². The van der Waals surface area contributed by atoms with Crippen molar-refractivity contribution in [1.29, 1.82) is 0 Å². The van der Waals surface area contributed by atoms with Crippen molar-refractivity contribution in [2.75, 3.05) is 13.2 Å². The minimum absolute atomic E-state index is 0.397. The molecule has 2 heteroatoms. The van der Waals surface area contributed by atoms with Crippen LogP contribution in [0.4, 0.5) is 0 Å². The van der Waals surface area contributed by atoms with Gasteiger partial charge in [-0.15, -0.1) is 0 Å². The van der Waals surface area contributed by atoms with Gasteiger partial charge in [0.05, 0.1) is 6.10 Å². The Labute approximate surface area is 102 Å². The van der Waals surface area contributed by atoms with E-state index in [1.807, 2.05) is 0 Å². The van der Waals surface area contributed by atoms with E-state index in [2.05, 4.69) is 33.0 Å². The quantitative estimate of drug-likeness (QED) is 0.545. The molecule has 0 aliphatic carbocycles. The Morgan fingerprint density at radius 3 is 2.25 bits per heavy atom. The maximum atomic E-state index is 5.82. The summed E-state index contributed by atoms with van der Waals surface area (Å²) < 4.78 is 5.82. The van der Waals surface area contributed by atoms with Crippen molar-refractivity contribution in [3.05, 3.63) is 0 Å². The Kier molecular flexibility index (Phi) is 11.3. The zero-order valence-electron chi connectivity index (χ0n) is 11.7. The van der Waals surface area contributed by atoms with E-state index in [9.17, 15) is 0 Å². The molecule has 2 nitrogen and oxygen atoms in total. The molecule has 2 unspecified atom stereocenters. The maximum absolute atomic E-state index is 5.82. The van der Waals surface area contributed by atoms with E-state index < -0.39 is 0 Å². The molecule has 0 heterocycles. The summed E-state index contributed by atoms with van der Waals surface area (Å²) in [6, 6.07) is 0.552. The molecule has 98 valence electrons. The van der Waals surface area contributed by atoms with E-state index in [1.165, 1.54) is 32.1 Å². The van der Waals surface area contributed by atoms with Crippen LogP contribution in [0.25, 0.3) is 0 Å². The number of rotatable bonds is 11. The Hall–Kier alpha value is -0.0800. The Bertz CT molecular complexity index is 139. The standard InChI is InChI=1S/C14H31NO/c1-5-9-10-11-13(15-12-6-2)14(7-3)16-8-4/h13-15H,5-12H2,1-4H3. The molecule has 16 heavy (non-hydrogen) atoms. The van der Waals surface area contributed by atoms with E-state index >= 15 is 0 Å². The molecule has 0 radical (unpaired) electrons. The number of hydrogen-bond donors (Lipinski definition) is 1. The van der Waals surface area contributed by atoms with Gasteiger partial charge < -0.3 is 10.1 Å². The van der Waals surface area contributed by atoms with Gasteiger partial charge in [0.25, 0.3) is 0 Å². The molecule has 0 rings (SSSR count). The fraction of sp³-hybridized carbons (Fsp3) is 1.00. The molecule has 0 aromatic rings. The van der Waals surface area contributed by atoms with Crippen LogP contribution in [0.15, 0.2) is 0 Å². The van der Waals surface area contributed by atoms with Crippen molar-refractivity contribution in [3.8, 4) is 0 Å². The van der Waals surface area contributed by atoms with Crippen LogP contribution in [-0.4, -0.2) is 25.3 Å². The molecule has 0 amide bonds. The largest absolute Gasteiger partial charge is 0.377 e. The minimum Gasteiger partial charge on any atom is -0.377 e. The van der Waals surface area contributed by atoms with Gasteiger partial charge in [-0.1, -0.05) is 40.0 Å². The second-order valence-electron chi connectivity index (χ2n) is 4.46. The minimum atomic E-state index is 0.397. The van der Waals surface area contributed by atoms with E-state index in [1.54, 1.807) is 0 Å². The first-order valence-electron chi connectivity index (χ1n) is 7.14. The lowest BCUT2D eigenvalue weighted by Gasteiger charge is -2.27. The van der Waals surface area contributed by atoms with Crippen molar-refractivity contribution < 1.29 is 4.74 Å². The van der Waals surface area contributed by atoms with Crippen molar-refractivity contribution in [3.63, 3.8) is 0 Å². The molecular weight excluding hydrogens is 198 g/mol. The van der Waals surface area contributed by atoms with Gasteiger partial charge in [0.15, 0.2) is 0 Å². The van der Waals surface area contributed by atoms with Gasteiger partial charge in [-0.3, -0.25) is 0 Å². The predicted molar refractivity (Wildman–Crippen MR) is 71.9 cm³/mol. The second kappa shape index (κ2) is 11.4. The van der Waals surface area contributed by atoms with Crippen molar-refractivity contribution in [2.45, 2.75) is 78.4 Å². The third-order valence-corrected chi connectivity index (χ3v) is 3.01. The average molecular weight is 229 g/mol. The van der Waals surface area contributed by atoms with Gasteiger partial charge in [-0.2, -0.15) is 0 Å². The summed E-state index contributed by atoms with van der Waals surface area (Å²) in [6.07, 6.45) is 7.93. The fourth-order valence-corrected chi connectivity index (χ4v) is 2.10. The summed E-state index contributed by atoms with van der Waals surface area (Å²) in [5, 5.41) is 3.64. The number of nitrogens with one attached hydrogen (secondary N) is 1. The SMILES string of the molecule is CCCCCC(NCCC)C(CC)OCC. The fourth-order valence-electron chi connectivity index (χ4n) is 2.10. The normalized spacial score (nSPS) is 15.0. The molecule has 0 aromatic carbocycles. The number of ether oxygens (including phenoxy) is 1. The third-order valence-electron chi connectivity index (χ3n) is 3.01. The molecule has 0 saturated heterocycles. The highest BCUT2D eigenvalue weighted by atomic mass is 16.5. The molecule has 0 spiro atoms. The molecule has 0 saturated carbocycles.